The fourth-order valence-electron chi connectivity index (χ4n) is 3.03. The summed E-state index contributed by atoms with van der Waals surface area (Å²) in [4.78, 5) is 1.96. The van der Waals surface area contributed by atoms with Gasteiger partial charge in [-0.05, 0) is 45.7 Å². The maximum absolute atomic E-state index is 10.7. The lowest BCUT2D eigenvalue weighted by molar-refractivity contribution is 0.163. The molecule has 0 aliphatic carbocycles. The van der Waals surface area contributed by atoms with E-state index in [1.54, 1.807) is 0 Å². The third-order valence-electron chi connectivity index (χ3n) is 4.86. The maximum Gasteiger partial charge on any atom is 0.266 e. The van der Waals surface area contributed by atoms with Gasteiger partial charge in [-0.25, -0.2) is 0 Å². The van der Waals surface area contributed by atoms with E-state index < -0.39 is 10.1 Å². The van der Waals surface area contributed by atoms with Crippen LogP contribution in [0.15, 0.2) is 12.2 Å². The van der Waals surface area contributed by atoms with Crippen LogP contribution >= 0.6 is 0 Å². The Labute approximate surface area is 168 Å². The van der Waals surface area contributed by atoms with Crippen LogP contribution in [0.2, 0.25) is 0 Å². The van der Waals surface area contributed by atoms with E-state index in [2.05, 4.69) is 19.1 Å². The molecule has 0 heterocycles. The van der Waals surface area contributed by atoms with Crippen molar-refractivity contribution >= 4 is 10.1 Å². The van der Waals surface area contributed by atoms with Crippen LogP contribution in [0.5, 0.6) is 0 Å². The van der Waals surface area contributed by atoms with Gasteiger partial charge in [0.2, 0.25) is 0 Å². The van der Waals surface area contributed by atoms with Crippen LogP contribution in [0.1, 0.15) is 90.4 Å². The van der Waals surface area contributed by atoms with Gasteiger partial charge in [0.1, 0.15) is 0 Å². The minimum Gasteiger partial charge on any atom is -0.393 e. The summed E-state index contributed by atoms with van der Waals surface area (Å²) >= 11 is 0. The zero-order valence-electron chi connectivity index (χ0n) is 17.6. The maximum atomic E-state index is 10.7. The van der Waals surface area contributed by atoms with Crippen LogP contribution in [-0.2, 0) is 10.1 Å². The summed E-state index contributed by atoms with van der Waals surface area (Å²) in [7, 11) is -1.96. The largest absolute Gasteiger partial charge is 0.393 e. The Kier molecular flexibility index (Phi) is 17.4. The van der Waals surface area contributed by atoms with Crippen molar-refractivity contribution in [2.75, 3.05) is 25.9 Å². The Balaban J connectivity index is 3.37. The summed E-state index contributed by atoms with van der Waals surface area (Å²) in [6.07, 6.45) is 19.0. The SMILES string of the molecule is CCCCCC[C@@H](O)C/C=C\CCCCCCCCN(C)CCS(=O)(=O)O. The van der Waals surface area contributed by atoms with E-state index in [1.807, 2.05) is 11.9 Å². The molecule has 0 rings (SSSR count). The van der Waals surface area contributed by atoms with Crippen LogP contribution in [0.4, 0.5) is 0 Å². The van der Waals surface area contributed by atoms with Gasteiger partial charge >= 0.3 is 0 Å². The quantitative estimate of drug-likeness (QED) is 0.183. The standard InChI is InChI=1S/C21H43NO4S/c1-3-4-5-13-16-21(23)17-14-11-9-7-6-8-10-12-15-18-22(2)19-20-27(24,25)26/h11,14,21,23H,3-10,12-13,15-20H2,1-2H3,(H,24,25,26)/b14-11-/t21-/m1/s1. The molecule has 0 spiro atoms. The summed E-state index contributed by atoms with van der Waals surface area (Å²) < 4.78 is 30.1. The van der Waals surface area contributed by atoms with Crippen molar-refractivity contribution in [2.45, 2.75) is 96.5 Å². The minimum absolute atomic E-state index is 0.172. The van der Waals surface area contributed by atoms with Crippen molar-refractivity contribution in [3.63, 3.8) is 0 Å². The second kappa shape index (κ2) is 17.7. The van der Waals surface area contributed by atoms with E-state index in [1.165, 1.54) is 44.9 Å². The fourth-order valence-corrected chi connectivity index (χ4v) is 3.57. The monoisotopic (exact) mass is 405 g/mol. The summed E-state index contributed by atoms with van der Waals surface area (Å²) in [5.74, 6) is -0.188. The van der Waals surface area contributed by atoms with Gasteiger partial charge in [0.25, 0.3) is 10.1 Å². The van der Waals surface area contributed by atoms with E-state index in [0.717, 1.165) is 45.1 Å². The second-order valence-electron chi connectivity index (χ2n) is 7.71. The molecule has 0 unspecified atom stereocenters. The second-order valence-corrected chi connectivity index (χ2v) is 9.28. The van der Waals surface area contributed by atoms with Crippen molar-refractivity contribution in [1.29, 1.82) is 0 Å². The zero-order valence-corrected chi connectivity index (χ0v) is 18.4. The van der Waals surface area contributed by atoms with Crippen molar-refractivity contribution < 1.29 is 18.1 Å². The first kappa shape index (κ1) is 26.6. The highest BCUT2D eigenvalue weighted by Gasteiger charge is 2.06. The van der Waals surface area contributed by atoms with Crippen LogP contribution < -0.4 is 0 Å². The lowest BCUT2D eigenvalue weighted by Crippen LogP contribution is -2.26. The van der Waals surface area contributed by atoms with E-state index in [0.29, 0.717) is 6.54 Å². The summed E-state index contributed by atoms with van der Waals surface area (Å²) in [5, 5.41) is 9.89. The summed E-state index contributed by atoms with van der Waals surface area (Å²) in [6, 6.07) is 0. The molecule has 0 aromatic heterocycles. The van der Waals surface area contributed by atoms with Gasteiger partial charge in [0, 0.05) is 6.54 Å². The van der Waals surface area contributed by atoms with E-state index in [-0.39, 0.29) is 11.9 Å². The highest BCUT2D eigenvalue weighted by molar-refractivity contribution is 7.85. The normalized spacial score (nSPS) is 13.7. The molecule has 0 aromatic rings. The number of nitrogens with zero attached hydrogens (tertiary/aromatic N) is 1. The number of hydrogen-bond donors (Lipinski definition) is 2. The number of aliphatic hydroxyl groups is 1. The Hall–Kier alpha value is -0.430. The number of allylic oxidation sites excluding steroid dienone is 1. The Morgan fingerprint density at radius 1 is 0.889 bits per heavy atom. The molecule has 0 bridgehead atoms. The molecule has 0 fully saturated rings. The lowest BCUT2D eigenvalue weighted by Gasteiger charge is -2.15. The average Bonchev–Trinajstić information content (AvgIpc) is 2.61. The van der Waals surface area contributed by atoms with E-state index >= 15 is 0 Å². The minimum atomic E-state index is -3.84. The third-order valence-corrected chi connectivity index (χ3v) is 5.56. The van der Waals surface area contributed by atoms with Crippen molar-refractivity contribution in [2.24, 2.45) is 0 Å². The molecule has 0 saturated heterocycles. The van der Waals surface area contributed by atoms with Crippen molar-refractivity contribution in [1.82, 2.24) is 4.90 Å². The Morgan fingerprint density at radius 2 is 1.52 bits per heavy atom. The van der Waals surface area contributed by atoms with Crippen molar-refractivity contribution in [3.05, 3.63) is 12.2 Å². The predicted molar refractivity (Wildman–Crippen MR) is 115 cm³/mol. The molecule has 6 heteroatoms. The van der Waals surface area contributed by atoms with Crippen LogP contribution in [0, 0.1) is 0 Å². The molecule has 0 aliphatic heterocycles. The molecule has 0 aliphatic rings. The first-order valence-electron chi connectivity index (χ1n) is 10.8. The molecule has 5 nitrogen and oxygen atoms in total. The molecule has 2 N–H and O–H groups in total. The van der Waals surface area contributed by atoms with Crippen LogP contribution in [-0.4, -0.2) is 55.0 Å². The Morgan fingerprint density at radius 3 is 2.19 bits per heavy atom. The topological polar surface area (TPSA) is 77.8 Å². The van der Waals surface area contributed by atoms with Gasteiger partial charge in [0.05, 0.1) is 11.9 Å². The van der Waals surface area contributed by atoms with E-state index in [9.17, 15) is 13.5 Å². The highest BCUT2D eigenvalue weighted by atomic mass is 32.2. The number of hydrogen-bond acceptors (Lipinski definition) is 4. The van der Waals surface area contributed by atoms with Gasteiger partial charge in [-0.15, -0.1) is 0 Å². The van der Waals surface area contributed by atoms with Gasteiger partial charge in [0.15, 0.2) is 0 Å². The first-order chi connectivity index (χ1) is 12.8. The highest BCUT2D eigenvalue weighted by Crippen LogP contribution is 2.10. The fraction of sp³-hybridized carbons (Fsp3) is 0.905. The molecular weight excluding hydrogens is 362 g/mol. The van der Waals surface area contributed by atoms with Gasteiger partial charge in [-0.3, -0.25) is 4.55 Å². The lowest BCUT2D eigenvalue weighted by atomic mass is 10.1. The van der Waals surface area contributed by atoms with Crippen LogP contribution in [0.25, 0.3) is 0 Å². The molecule has 162 valence electrons. The number of aliphatic hydroxyl groups excluding tert-OH is 1. The first-order valence-corrected chi connectivity index (χ1v) is 12.4. The van der Waals surface area contributed by atoms with Gasteiger partial charge < -0.3 is 10.0 Å². The predicted octanol–water partition coefficient (Wildman–Crippen LogP) is 4.81. The number of rotatable bonds is 19. The molecular formula is C21H43NO4S. The smallest absolute Gasteiger partial charge is 0.266 e. The van der Waals surface area contributed by atoms with Gasteiger partial charge in [-0.1, -0.05) is 70.4 Å². The Bertz CT molecular complexity index is 451. The molecule has 0 radical (unpaired) electrons. The summed E-state index contributed by atoms with van der Waals surface area (Å²) in [5.41, 5.74) is 0. The average molecular weight is 406 g/mol. The molecule has 27 heavy (non-hydrogen) atoms. The zero-order chi connectivity index (χ0) is 20.4. The molecule has 0 saturated carbocycles. The van der Waals surface area contributed by atoms with Gasteiger partial charge in [-0.2, -0.15) is 8.42 Å². The number of unbranched alkanes of at least 4 members (excludes halogenated alkanes) is 9. The van der Waals surface area contributed by atoms with Crippen LogP contribution in [0.3, 0.4) is 0 Å². The van der Waals surface area contributed by atoms with E-state index in [4.69, 9.17) is 4.55 Å². The molecule has 1 atom stereocenters. The third kappa shape index (κ3) is 21.7. The summed E-state index contributed by atoms with van der Waals surface area (Å²) in [6.45, 7) is 3.46. The van der Waals surface area contributed by atoms with Crippen molar-refractivity contribution in [3.8, 4) is 0 Å². The molecule has 0 aromatic carbocycles. The molecule has 0 amide bonds.